The summed E-state index contributed by atoms with van der Waals surface area (Å²) in [6.07, 6.45) is 10.7. The van der Waals surface area contributed by atoms with Gasteiger partial charge < -0.3 is 14.9 Å². The van der Waals surface area contributed by atoms with Crippen molar-refractivity contribution in [2.45, 2.75) is 89.9 Å². The van der Waals surface area contributed by atoms with E-state index < -0.39 is 12.2 Å². The second-order valence-corrected chi connectivity index (χ2v) is 10.9. The second-order valence-electron chi connectivity index (χ2n) is 10.9. The van der Waals surface area contributed by atoms with Gasteiger partial charge in [0.25, 0.3) is 0 Å². The molecule has 0 radical (unpaired) electrons. The van der Waals surface area contributed by atoms with E-state index in [1.807, 2.05) is 0 Å². The lowest BCUT2D eigenvalue weighted by molar-refractivity contribution is -0.130. The Morgan fingerprint density at radius 3 is 2.61 bits per heavy atom. The van der Waals surface area contributed by atoms with Crippen LogP contribution in [0.3, 0.4) is 0 Å². The Kier molecular flexibility index (Phi) is 4.57. The number of carbonyl (C=O) groups excluding carboxylic acids is 1. The van der Waals surface area contributed by atoms with E-state index in [1.165, 1.54) is 31.3 Å². The van der Waals surface area contributed by atoms with Gasteiger partial charge in [0.1, 0.15) is 6.10 Å². The molecule has 5 rings (SSSR count). The van der Waals surface area contributed by atoms with E-state index in [2.05, 4.69) is 19.9 Å². The van der Waals surface area contributed by atoms with E-state index >= 15 is 0 Å². The molecule has 4 fully saturated rings. The first-order chi connectivity index (χ1) is 13.3. The monoisotopic (exact) mass is 388 g/mol. The van der Waals surface area contributed by atoms with Crippen LogP contribution in [-0.2, 0) is 9.53 Å². The summed E-state index contributed by atoms with van der Waals surface area (Å²) in [5.74, 6) is 1.21. The molecule has 4 heteroatoms. The van der Waals surface area contributed by atoms with Crippen LogP contribution in [0.1, 0.15) is 71.6 Å². The minimum atomic E-state index is -0.844. The SMILES string of the molecule is C[C@]12CC[C@H](C3CCCCO3)CC1=CC(O)C1C2CC[C@@]2(C)C1CC(=O)[C@@H]2O. The molecule has 0 amide bonds. The van der Waals surface area contributed by atoms with Crippen molar-refractivity contribution in [2.75, 3.05) is 6.61 Å². The molecule has 0 aromatic carbocycles. The number of hydrogen-bond acceptors (Lipinski definition) is 4. The molecule has 9 atom stereocenters. The summed E-state index contributed by atoms with van der Waals surface area (Å²) >= 11 is 0. The van der Waals surface area contributed by atoms with E-state index in [4.69, 9.17) is 4.74 Å². The fourth-order valence-corrected chi connectivity index (χ4v) is 7.91. The number of allylic oxidation sites excluding steroid dienone is 1. The molecule has 5 aliphatic rings. The number of Topliss-reactive ketones (excluding diaryl/α,β-unsaturated/α-hetero) is 1. The largest absolute Gasteiger partial charge is 0.389 e. The van der Waals surface area contributed by atoms with E-state index in [1.54, 1.807) is 0 Å². The van der Waals surface area contributed by atoms with Crippen LogP contribution in [0.25, 0.3) is 0 Å². The van der Waals surface area contributed by atoms with E-state index in [0.29, 0.717) is 24.4 Å². The predicted molar refractivity (Wildman–Crippen MR) is 107 cm³/mol. The summed E-state index contributed by atoms with van der Waals surface area (Å²) in [4.78, 5) is 12.3. The van der Waals surface area contributed by atoms with Crippen molar-refractivity contribution in [3.05, 3.63) is 11.6 Å². The molecule has 1 heterocycles. The Labute approximate surface area is 168 Å². The Balaban J connectivity index is 1.43. The van der Waals surface area contributed by atoms with Gasteiger partial charge in [0.2, 0.25) is 0 Å². The molecule has 0 aromatic heterocycles. The first-order valence-corrected chi connectivity index (χ1v) is 11.6. The van der Waals surface area contributed by atoms with Crippen molar-refractivity contribution < 1.29 is 19.7 Å². The van der Waals surface area contributed by atoms with Crippen molar-refractivity contribution in [1.29, 1.82) is 0 Å². The summed E-state index contributed by atoms with van der Waals surface area (Å²) in [6, 6.07) is 0. The van der Waals surface area contributed by atoms with Crippen molar-refractivity contribution in [2.24, 2.45) is 34.5 Å². The maximum Gasteiger partial charge on any atom is 0.162 e. The zero-order chi connectivity index (χ0) is 19.7. The van der Waals surface area contributed by atoms with Crippen molar-refractivity contribution in [3.8, 4) is 0 Å². The number of ketones is 1. The summed E-state index contributed by atoms with van der Waals surface area (Å²) < 4.78 is 6.10. The van der Waals surface area contributed by atoms with Gasteiger partial charge in [0.05, 0.1) is 12.2 Å². The molecule has 5 unspecified atom stereocenters. The lowest BCUT2D eigenvalue weighted by Gasteiger charge is -2.59. The fourth-order valence-electron chi connectivity index (χ4n) is 7.91. The lowest BCUT2D eigenvalue weighted by atomic mass is 9.46. The third-order valence-electron chi connectivity index (χ3n) is 9.70. The van der Waals surface area contributed by atoms with Gasteiger partial charge in [-0.1, -0.05) is 25.5 Å². The Hall–Kier alpha value is -0.710. The third kappa shape index (κ3) is 2.63. The number of carbonyl (C=O) groups is 1. The van der Waals surface area contributed by atoms with Gasteiger partial charge in [-0.05, 0) is 80.5 Å². The van der Waals surface area contributed by atoms with Crippen molar-refractivity contribution in [3.63, 3.8) is 0 Å². The molecule has 0 bridgehead atoms. The molecule has 4 nitrogen and oxygen atoms in total. The van der Waals surface area contributed by atoms with Gasteiger partial charge >= 0.3 is 0 Å². The highest BCUT2D eigenvalue weighted by Crippen LogP contribution is 2.64. The van der Waals surface area contributed by atoms with E-state index in [9.17, 15) is 15.0 Å². The first-order valence-electron chi connectivity index (χ1n) is 11.6. The summed E-state index contributed by atoms with van der Waals surface area (Å²) in [5, 5.41) is 21.7. The Bertz CT molecular complexity index is 680. The van der Waals surface area contributed by atoms with Crippen LogP contribution in [0.15, 0.2) is 11.6 Å². The predicted octanol–water partition coefficient (Wildman–Crippen LogP) is 3.65. The van der Waals surface area contributed by atoms with Crippen LogP contribution in [0.5, 0.6) is 0 Å². The highest BCUT2D eigenvalue weighted by atomic mass is 16.5. The van der Waals surface area contributed by atoms with Gasteiger partial charge in [-0.2, -0.15) is 0 Å². The zero-order valence-electron chi connectivity index (χ0n) is 17.4. The smallest absolute Gasteiger partial charge is 0.162 e. The van der Waals surface area contributed by atoms with Gasteiger partial charge in [-0.25, -0.2) is 0 Å². The maximum absolute atomic E-state index is 12.3. The minimum Gasteiger partial charge on any atom is -0.389 e. The van der Waals surface area contributed by atoms with Gasteiger partial charge in [-0.3, -0.25) is 4.79 Å². The van der Waals surface area contributed by atoms with Crippen LogP contribution >= 0.6 is 0 Å². The molecular weight excluding hydrogens is 352 g/mol. The highest BCUT2D eigenvalue weighted by Gasteiger charge is 2.62. The Morgan fingerprint density at radius 1 is 1.04 bits per heavy atom. The number of hydrogen-bond donors (Lipinski definition) is 2. The number of rotatable bonds is 1. The van der Waals surface area contributed by atoms with Crippen LogP contribution in [0.4, 0.5) is 0 Å². The molecule has 1 aliphatic heterocycles. The third-order valence-corrected chi connectivity index (χ3v) is 9.70. The van der Waals surface area contributed by atoms with Crippen LogP contribution in [0.2, 0.25) is 0 Å². The topological polar surface area (TPSA) is 66.8 Å². The number of aliphatic hydroxyl groups is 2. The standard InChI is InChI=1S/C24H36O4/c1-23-8-6-14(20-5-3-4-10-28-20)11-15(23)12-18(25)21-16(23)7-9-24(2)17(21)13-19(26)22(24)27/h12,14,16-18,20-22,25,27H,3-11,13H2,1-2H3/t14-,16?,17?,18?,20?,21?,22-,23-,24-/m0/s1. The molecule has 1 saturated heterocycles. The highest BCUT2D eigenvalue weighted by molar-refractivity contribution is 5.86. The quantitative estimate of drug-likeness (QED) is 0.673. The van der Waals surface area contributed by atoms with Crippen LogP contribution < -0.4 is 0 Å². The molecule has 0 spiro atoms. The first kappa shape index (κ1) is 19.3. The fraction of sp³-hybridized carbons (Fsp3) is 0.875. The Morgan fingerprint density at radius 2 is 1.86 bits per heavy atom. The minimum absolute atomic E-state index is 0.0153. The number of aliphatic hydroxyl groups excluding tert-OH is 2. The van der Waals surface area contributed by atoms with E-state index in [-0.39, 0.29) is 28.4 Å². The molecule has 0 aromatic rings. The molecule has 2 N–H and O–H groups in total. The van der Waals surface area contributed by atoms with Gasteiger partial charge in [-0.15, -0.1) is 0 Å². The maximum atomic E-state index is 12.3. The summed E-state index contributed by atoms with van der Waals surface area (Å²) in [7, 11) is 0. The van der Waals surface area contributed by atoms with Gasteiger partial charge in [0.15, 0.2) is 5.78 Å². The average Bonchev–Trinajstić information content (AvgIpc) is 2.92. The average molecular weight is 389 g/mol. The molecule has 3 saturated carbocycles. The van der Waals surface area contributed by atoms with Gasteiger partial charge in [0, 0.05) is 18.4 Å². The van der Waals surface area contributed by atoms with Crippen molar-refractivity contribution >= 4 is 5.78 Å². The normalized spacial score (nSPS) is 53.8. The van der Waals surface area contributed by atoms with Crippen LogP contribution in [0, 0.1) is 34.5 Å². The molecule has 28 heavy (non-hydrogen) atoms. The van der Waals surface area contributed by atoms with Crippen molar-refractivity contribution in [1.82, 2.24) is 0 Å². The summed E-state index contributed by atoms with van der Waals surface area (Å²) in [6.45, 7) is 5.40. The zero-order valence-corrected chi connectivity index (χ0v) is 17.4. The van der Waals surface area contributed by atoms with Crippen LogP contribution in [-0.4, -0.2) is 40.9 Å². The second kappa shape index (κ2) is 6.65. The summed E-state index contributed by atoms with van der Waals surface area (Å²) in [5.41, 5.74) is 1.22. The molecular formula is C24H36O4. The number of ether oxygens (including phenoxy) is 1. The van der Waals surface area contributed by atoms with E-state index in [0.717, 1.165) is 32.3 Å². The molecule has 156 valence electrons. The lowest BCUT2D eigenvalue weighted by Crippen LogP contribution is -2.55. The number of fused-ring (bicyclic) bond motifs is 5. The molecule has 4 aliphatic carbocycles.